The molecule has 0 fully saturated rings. The van der Waals surface area contributed by atoms with Gasteiger partial charge in [-0.2, -0.15) is 0 Å². The minimum absolute atomic E-state index is 0.0114. The van der Waals surface area contributed by atoms with Crippen LogP contribution in [0, 0.1) is 5.92 Å². The Hall–Kier alpha value is -4.13. The number of para-hydroxylation sites is 2. The minimum atomic E-state index is -0.510. The Labute approximate surface area is 198 Å². The predicted octanol–water partition coefficient (Wildman–Crippen LogP) is 5.75. The topological polar surface area (TPSA) is 89.5 Å². The molecule has 0 saturated heterocycles. The summed E-state index contributed by atoms with van der Waals surface area (Å²) < 4.78 is 10.6. The fourth-order valence-corrected chi connectivity index (χ4v) is 3.54. The van der Waals surface area contributed by atoms with Crippen LogP contribution >= 0.6 is 0 Å². The monoisotopic (exact) mass is 457 g/mol. The minimum Gasteiger partial charge on any atom is -0.460 e. The highest BCUT2D eigenvalue weighted by Crippen LogP contribution is 2.30. The second-order valence-electron chi connectivity index (χ2n) is 8.35. The molecule has 2 N–H and O–H groups in total. The van der Waals surface area contributed by atoms with E-state index in [1.54, 1.807) is 18.2 Å². The van der Waals surface area contributed by atoms with E-state index in [0.717, 1.165) is 33.1 Å². The Kier molecular flexibility index (Phi) is 7.22. The molecule has 34 heavy (non-hydrogen) atoms. The first kappa shape index (κ1) is 23.0. The second kappa shape index (κ2) is 10.7. The van der Waals surface area contributed by atoms with Gasteiger partial charge in [0.25, 0.3) is 0 Å². The van der Waals surface area contributed by atoms with Gasteiger partial charge in [0.05, 0.1) is 23.3 Å². The van der Waals surface area contributed by atoms with Crippen molar-refractivity contribution in [3.8, 4) is 0 Å². The van der Waals surface area contributed by atoms with Crippen molar-refractivity contribution in [2.75, 3.05) is 23.8 Å². The first-order chi connectivity index (χ1) is 16.5. The third-order valence-corrected chi connectivity index (χ3v) is 5.12. The van der Waals surface area contributed by atoms with E-state index in [1.165, 1.54) is 0 Å². The maximum atomic E-state index is 12.5. The molecule has 0 atom stereocenters. The molecule has 1 heterocycles. The third kappa shape index (κ3) is 5.81. The van der Waals surface area contributed by atoms with Crippen molar-refractivity contribution in [2.45, 2.75) is 20.5 Å². The molecule has 3 aromatic carbocycles. The number of anilines is 2. The smallest absolute Gasteiger partial charge is 0.411 e. The van der Waals surface area contributed by atoms with Crippen LogP contribution in [0.15, 0.2) is 72.8 Å². The van der Waals surface area contributed by atoms with Crippen LogP contribution in [-0.2, 0) is 20.9 Å². The first-order valence-corrected chi connectivity index (χ1v) is 11.2. The summed E-state index contributed by atoms with van der Waals surface area (Å²) >= 11 is 0. The van der Waals surface area contributed by atoms with Crippen molar-refractivity contribution in [1.82, 2.24) is 4.98 Å². The van der Waals surface area contributed by atoms with Crippen molar-refractivity contribution in [1.29, 1.82) is 0 Å². The number of ether oxygens (including phenoxy) is 2. The molecule has 0 aliphatic rings. The summed E-state index contributed by atoms with van der Waals surface area (Å²) in [5.74, 6) is -0.132. The molecule has 0 radical (unpaired) electrons. The number of nitrogens with one attached hydrogen (secondary N) is 2. The lowest BCUT2D eigenvalue weighted by Crippen LogP contribution is -2.18. The number of hydrogen-bond donors (Lipinski definition) is 2. The summed E-state index contributed by atoms with van der Waals surface area (Å²) in [7, 11) is 0. The van der Waals surface area contributed by atoms with Crippen molar-refractivity contribution in [2.24, 2.45) is 5.92 Å². The molecule has 0 aliphatic carbocycles. The van der Waals surface area contributed by atoms with Gasteiger partial charge in [0.15, 0.2) is 0 Å². The molecule has 7 heteroatoms. The Morgan fingerprint density at radius 1 is 0.882 bits per heavy atom. The number of carbonyl (C=O) groups is 2. The summed E-state index contributed by atoms with van der Waals surface area (Å²) in [5, 5.41) is 7.81. The SMILES string of the molecule is CC(C)COC(=O)Nc1cccc(COC(=O)CNc2c3ccccc3nc3ccccc23)c1. The zero-order chi connectivity index (χ0) is 23.9. The Morgan fingerprint density at radius 3 is 2.24 bits per heavy atom. The zero-order valence-electron chi connectivity index (χ0n) is 19.2. The number of benzene rings is 3. The van der Waals surface area contributed by atoms with Crippen LogP contribution in [0.5, 0.6) is 0 Å². The van der Waals surface area contributed by atoms with Gasteiger partial charge in [0, 0.05) is 16.5 Å². The van der Waals surface area contributed by atoms with Gasteiger partial charge in [-0.05, 0) is 35.7 Å². The van der Waals surface area contributed by atoms with Gasteiger partial charge < -0.3 is 14.8 Å². The zero-order valence-corrected chi connectivity index (χ0v) is 19.2. The summed E-state index contributed by atoms with van der Waals surface area (Å²) in [6.07, 6.45) is -0.510. The van der Waals surface area contributed by atoms with Crippen LogP contribution in [0.25, 0.3) is 21.8 Å². The second-order valence-corrected chi connectivity index (χ2v) is 8.35. The van der Waals surface area contributed by atoms with Gasteiger partial charge in [0.2, 0.25) is 0 Å². The molecule has 0 aliphatic heterocycles. The van der Waals surface area contributed by atoms with Crippen LogP contribution in [-0.4, -0.2) is 30.2 Å². The van der Waals surface area contributed by atoms with Gasteiger partial charge in [-0.1, -0.05) is 62.4 Å². The Bertz CT molecular complexity index is 1270. The molecule has 1 amide bonds. The Morgan fingerprint density at radius 2 is 1.56 bits per heavy atom. The molecule has 0 unspecified atom stereocenters. The molecular formula is C27H27N3O4. The highest BCUT2D eigenvalue weighted by Gasteiger charge is 2.11. The fraction of sp³-hybridized carbons (Fsp3) is 0.222. The van der Waals surface area contributed by atoms with Crippen LogP contribution in [0.2, 0.25) is 0 Å². The number of pyridine rings is 1. The van der Waals surface area contributed by atoms with E-state index in [2.05, 4.69) is 10.6 Å². The van der Waals surface area contributed by atoms with Gasteiger partial charge in [-0.25, -0.2) is 9.78 Å². The van der Waals surface area contributed by atoms with Gasteiger partial charge >= 0.3 is 12.1 Å². The van der Waals surface area contributed by atoms with Gasteiger partial charge in [-0.3, -0.25) is 10.1 Å². The van der Waals surface area contributed by atoms with Crippen LogP contribution < -0.4 is 10.6 Å². The van der Waals surface area contributed by atoms with Gasteiger partial charge in [-0.15, -0.1) is 0 Å². The number of fused-ring (bicyclic) bond motifs is 2. The Balaban J connectivity index is 1.37. The van der Waals surface area contributed by atoms with Gasteiger partial charge in [0.1, 0.15) is 13.2 Å². The quantitative estimate of drug-likeness (QED) is 0.259. The summed E-state index contributed by atoms with van der Waals surface area (Å²) in [5.41, 5.74) is 3.90. The lowest BCUT2D eigenvalue weighted by Gasteiger charge is -2.13. The third-order valence-electron chi connectivity index (χ3n) is 5.12. The predicted molar refractivity (Wildman–Crippen MR) is 134 cm³/mol. The number of amides is 1. The highest BCUT2D eigenvalue weighted by atomic mass is 16.5. The molecule has 1 aromatic heterocycles. The molecule has 174 valence electrons. The number of esters is 1. The summed E-state index contributed by atoms with van der Waals surface area (Å²) in [6, 6.07) is 22.7. The van der Waals surface area contributed by atoms with E-state index < -0.39 is 6.09 Å². The fourth-order valence-electron chi connectivity index (χ4n) is 3.54. The largest absolute Gasteiger partial charge is 0.460 e. The highest BCUT2D eigenvalue weighted by molar-refractivity contribution is 6.07. The molecule has 0 bridgehead atoms. The summed E-state index contributed by atoms with van der Waals surface area (Å²) in [6.45, 7) is 4.39. The van der Waals surface area contributed by atoms with Crippen molar-refractivity contribution in [3.63, 3.8) is 0 Å². The van der Waals surface area contributed by atoms with Crippen LogP contribution in [0.3, 0.4) is 0 Å². The number of hydrogen-bond acceptors (Lipinski definition) is 6. The normalized spacial score (nSPS) is 10.9. The number of nitrogens with zero attached hydrogens (tertiary/aromatic N) is 1. The average Bonchev–Trinajstić information content (AvgIpc) is 2.84. The molecular weight excluding hydrogens is 430 g/mol. The molecule has 7 nitrogen and oxygen atoms in total. The number of rotatable bonds is 8. The van der Waals surface area contributed by atoms with E-state index in [-0.39, 0.29) is 25.0 Å². The number of aromatic nitrogens is 1. The maximum absolute atomic E-state index is 12.5. The van der Waals surface area contributed by atoms with Crippen molar-refractivity contribution < 1.29 is 19.1 Å². The average molecular weight is 458 g/mol. The lowest BCUT2D eigenvalue weighted by atomic mass is 10.1. The molecule has 0 saturated carbocycles. The van der Waals surface area contributed by atoms with E-state index >= 15 is 0 Å². The standard InChI is InChI=1S/C27H27N3O4/c1-18(2)16-34-27(32)29-20-9-7-8-19(14-20)17-33-25(31)15-28-26-21-10-3-5-12-23(21)30-24-13-6-4-11-22(24)26/h3-14,18H,15-17H2,1-2H3,(H,28,30)(H,29,32). The van der Waals surface area contributed by atoms with Crippen LogP contribution in [0.1, 0.15) is 19.4 Å². The van der Waals surface area contributed by atoms with E-state index in [1.807, 2.05) is 68.4 Å². The first-order valence-electron chi connectivity index (χ1n) is 11.2. The van der Waals surface area contributed by atoms with E-state index in [0.29, 0.717) is 12.3 Å². The van der Waals surface area contributed by atoms with E-state index in [4.69, 9.17) is 14.5 Å². The number of carbonyl (C=O) groups excluding carboxylic acids is 2. The molecule has 4 aromatic rings. The van der Waals surface area contributed by atoms with Crippen molar-refractivity contribution >= 4 is 45.2 Å². The van der Waals surface area contributed by atoms with Crippen LogP contribution in [0.4, 0.5) is 16.2 Å². The molecule has 4 rings (SSSR count). The molecule has 0 spiro atoms. The van der Waals surface area contributed by atoms with Crippen molar-refractivity contribution in [3.05, 3.63) is 78.4 Å². The lowest BCUT2D eigenvalue weighted by molar-refractivity contribution is -0.142. The van der Waals surface area contributed by atoms with E-state index in [9.17, 15) is 9.59 Å². The summed E-state index contributed by atoms with van der Waals surface area (Å²) in [4.78, 5) is 29.0. The maximum Gasteiger partial charge on any atom is 0.411 e.